The maximum absolute atomic E-state index is 12.8. The minimum atomic E-state index is -0.433. The third kappa shape index (κ3) is 4.37. The van der Waals surface area contributed by atoms with E-state index in [1.165, 1.54) is 0 Å². The summed E-state index contributed by atoms with van der Waals surface area (Å²) in [7, 11) is 1.78. The fourth-order valence-electron chi connectivity index (χ4n) is 2.80. The Labute approximate surface area is 162 Å². The van der Waals surface area contributed by atoms with Crippen LogP contribution in [0.4, 0.5) is 0 Å². The van der Waals surface area contributed by atoms with Gasteiger partial charge in [-0.1, -0.05) is 17.7 Å². The van der Waals surface area contributed by atoms with Crippen molar-refractivity contribution in [2.45, 2.75) is 12.5 Å². The van der Waals surface area contributed by atoms with E-state index in [1.807, 2.05) is 18.2 Å². The van der Waals surface area contributed by atoms with Crippen molar-refractivity contribution >= 4 is 35.2 Å². The van der Waals surface area contributed by atoms with Crippen LogP contribution in [-0.2, 0) is 11.2 Å². The Hall–Kier alpha value is -2.05. The third-order valence-electron chi connectivity index (χ3n) is 4.33. The molecule has 2 aromatic rings. The first kappa shape index (κ1) is 18.7. The lowest BCUT2D eigenvalue weighted by atomic mass is 10.1. The summed E-state index contributed by atoms with van der Waals surface area (Å²) in [5.41, 5.74) is 1.49. The summed E-state index contributed by atoms with van der Waals surface area (Å²) in [5.74, 6) is 0.967. The second-order valence-electron chi connectivity index (χ2n) is 6.13. The molecule has 7 heteroatoms. The molecule has 2 heterocycles. The molecular weight excluding hydrogens is 370 g/mol. The van der Waals surface area contributed by atoms with Gasteiger partial charge in [0.15, 0.2) is 0 Å². The van der Waals surface area contributed by atoms with Gasteiger partial charge in [0.25, 0.3) is 5.91 Å². The van der Waals surface area contributed by atoms with Crippen molar-refractivity contribution in [3.8, 4) is 0 Å². The number of amides is 2. The fourth-order valence-corrected chi connectivity index (χ4v) is 4.07. The van der Waals surface area contributed by atoms with E-state index in [0.717, 1.165) is 5.69 Å². The van der Waals surface area contributed by atoms with Crippen molar-refractivity contribution in [2.75, 3.05) is 25.2 Å². The zero-order valence-electron chi connectivity index (χ0n) is 14.5. The van der Waals surface area contributed by atoms with Gasteiger partial charge in [0.2, 0.25) is 5.91 Å². The van der Waals surface area contributed by atoms with Gasteiger partial charge in [-0.05, 0) is 36.4 Å². The molecule has 1 aliphatic heterocycles. The Morgan fingerprint density at radius 1 is 1.27 bits per heavy atom. The van der Waals surface area contributed by atoms with Gasteiger partial charge in [-0.25, -0.2) is 0 Å². The first-order valence-corrected chi connectivity index (χ1v) is 9.88. The van der Waals surface area contributed by atoms with Gasteiger partial charge in [0, 0.05) is 48.2 Å². The summed E-state index contributed by atoms with van der Waals surface area (Å²) < 4.78 is 0. The van der Waals surface area contributed by atoms with Crippen LogP contribution < -0.4 is 0 Å². The number of rotatable bonds is 5. The van der Waals surface area contributed by atoms with E-state index in [2.05, 4.69) is 4.98 Å². The van der Waals surface area contributed by atoms with Crippen molar-refractivity contribution in [2.24, 2.45) is 0 Å². The van der Waals surface area contributed by atoms with Gasteiger partial charge in [-0.2, -0.15) is 0 Å². The average molecular weight is 390 g/mol. The summed E-state index contributed by atoms with van der Waals surface area (Å²) in [6.07, 6.45) is 2.44. The molecule has 1 aliphatic rings. The lowest BCUT2D eigenvalue weighted by Crippen LogP contribution is -2.48. The fraction of sp³-hybridized carbons (Fsp3) is 0.316. The lowest BCUT2D eigenvalue weighted by molar-refractivity contribution is -0.133. The topological polar surface area (TPSA) is 53.5 Å². The van der Waals surface area contributed by atoms with Gasteiger partial charge in [-0.15, -0.1) is 11.8 Å². The quantitative estimate of drug-likeness (QED) is 0.788. The molecule has 1 saturated heterocycles. The highest BCUT2D eigenvalue weighted by atomic mass is 35.5. The van der Waals surface area contributed by atoms with Crippen molar-refractivity contribution in [3.63, 3.8) is 0 Å². The molecule has 0 radical (unpaired) electrons. The molecular formula is C19H20ClN3O2S. The van der Waals surface area contributed by atoms with Crippen LogP contribution >= 0.6 is 23.4 Å². The van der Waals surface area contributed by atoms with Gasteiger partial charge in [0.05, 0.1) is 5.88 Å². The van der Waals surface area contributed by atoms with E-state index in [-0.39, 0.29) is 11.8 Å². The number of carbonyl (C=O) groups excluding carboxylic acids is 2. The van der Waals surface area contributed by atoms with Crippen LogP contribution in [-0.4, -0.2) is 57.9 Å². The smallest absolute Gasteiger partial charge is 0.255 e. The largest absolute Gasteiger partial charge is 0.344 e. The number of hydrogen-bond acceptors (Lipinski definition) is 4. The SMILES string of the molecule is CN(CCc1ccccn1)C(=O)C1CSCN1C(=O)c1ccc(Cl)cc1. The molecule has 5 nitrogen and oxygen atoms in total. The molecule has 1 aromatic carbocycles. The number of thioether (sulfide) groups is 1. The molecule has 1 unspecified atom stereocenters. The van der Waals surface area contributed by atoms with Gasteiger partial charge in [-0.3, -0.25) is 14.6 Å². The first-order valence-electron chi connectivity index (χ1n) is 8.35. The zero-order valence-corrected chi connectivity index (χ0v) is 16.0. The van der Waals surface area contributed by atoms with Gasteiger partial charge < -0.3 is 9.80 Å². The van der Waals surface area contributed by atoms with E-state index in [9.17, 15) is 9.59 Å². The predicted molar refractivity (Wildman–Crippen MR) is 104 cm³/mol. The highest BCUT2D eigenvalue weighted by molar-refractivity contribution is 7.99. The van der Waals surface area contributed by atoms with Crippen LogP contribution in [0.3, 0.4) is 0 Å². The summed E-state index contributed by atoms with van der Waals surface area (Å²) in [4.78, 5) is 33.2. The molecule has 1 aromatic heterocycles. The number of pyridine rings is 1. The minimum absolute atomic E-state index is 0.0340. The molecule has 1 fully saturated rings. The average Bonchev–Trinajstić information content (AvgIpc) is 3.16. The Morgan fingerprint density at radius 3 is 2.73 bits per heavy atom. The van der Waals surface area contributed by atoms with Crippen LogP contribution in [0.2, 0.25) is 5.02 Å². The van der Waals surface area contributed by atoms with Crippen LogP contribution in [0.5, 0.6) is 0 Å². The number of likely N-dealkylation sites (N-methyl/N-ethyl adjacent to an activating group) is 1. The highest BCUT2D eigenvalue weighted by Crippen LogP contribution is 2.25. The Balaban J connectivity index is 1.63. The van der Waals surface area contributed by atoms with Crippen LogP contribution in [0, 0.1) is 0 Å². The first-order chi connectivity index (χ1) is 12.6. The highest BCUT2D eigenvalue weighted by Gasteiger charge is 2.36. The van der Waals surface area contributed by atoms with Gasteiger partial charge >= 0.3 is 0 Å². The number of benzene rings is 1. The van der Waals surface area contributed by atoms with E-state index in [1.54, 1.807) is 59.1 Å². The van der Waals surface area contributed by atoms with Crippen molar-refractivity contribution in [1.82, 2.24) is 14.8 Å². The third-order valence-corrected chi connectivity index (χ3v) is 5.59. The predicted octanol–water partition coefficient (Wildman–Crippen LogP) is 2.95. The summed E-state index contributed by atoms with van der Waals surface area (Å²) in [6, 6.07) is 12.1. The monoisotopic (exact) mass is 389 g/mol. The Kier molecular flexibility index (Phi) is 6.16. The number of halogens is 1. The molecule has 0 N–H and O–H groups in total. The van der Waals surface area contributed by atoms with Crippen LogP contribution in [0.1, 0.15) is 16.1 Å². The van der Waals surface area contributed by atoms with Crippen molar-refractivity contribution in [1.29, 1.82) is 0 Å². The molecule has 0 saturated carbocycles. The van der Waals surface area contributed by atoms with Crippen LogP contribution in [0.25, 0.3) is 0 Å². The maximum Gasteiger partial charge on any atom is 0.255 e. The summed E-state index contributed by atoms with van der Waals surface area (Å²) in [6.45, 7) is 0.569. The maximum atomic E-state index is 12.8. The molecule has 1 atom stereocenters. The lowest BCUT2D eigenvalue weighted by Gasteiger charge is -2.27. The zero-order chi connectivity index (χ0) is 18.5. The Morgan fingerprint density at radius 2 is 2.04 bits per heavy atom. The summed E-state index contributed by atoms with van der Waals surface area (Å²) >= 11 is 7.48. The number of carbonyl (C=O) groups is 2. The van der Waals surface area contributed by atoms with E-state index < -0.39 is 6.04 Å². The Bertz CT molecular complexity index is 770. The molecule has 0 spiro atoms. The molecule has 0 aliphatic carbocycles. The van der Waals surface area contributed by atoms with Gasteiger partial charge in [0.1, 0.15) is 6.04 Å². The normalized spacial score (nSPS) is 16.5. The molecule has 0 bridgehead atoms. The number of aromatic nitrogens is 1. The van der Waals surface area contributed by atoms with Crippen molar-refractivity contribution in [3.05, 3.63) is 64.9 Å². The second-order valence-corrected chi connectivity index (χ2v) is 7.56. The van der Waals surface area contributed by atoms with Crippen molar-refractivity contribution < 1.29 is 9.59 Å². The van der Waals surface area contributed by atoms with E-state index in [0.29, 0.717) is 35.2 Å². The molecule has 26 heavy (non-hydrogen) atoms. The standard InChI is InChI=1S/C19H20ClN3O2S/c1-22(11-9-16-4-2-3-10-21-16)19(25)17-12-26-13-23(17)18(24)14-5-7-15(20)8-6-14/h2-8,10,17H,9,11-13H2,1H3. The number of hydrogen-bond donors (Lipinski definition) is 0. The van der Waals surface area contributed by atoms with E-state index >= 15 is 0 Å². The molecule has 3 rings (SSSR count). The summed E-state index contributed by atoms with van der Waals surface area (Å²) in [5, 5.41) is 0.583. The van der Waals surface area contributed by atoms with Crippen LogP contribution in [0.15, 0.2) is 48.7 Å². The molecule has 2 amide bonds. The number of nitrogens with zero attached hydrogens (tertiary/aromatic N) is 3. The second kappa shape index (κ2) is 8.56. The molecule has 136 valence electrons. The minimum Gasteiger partial charge on any atom is -0.344 e. The van der Waals surface area contributed by atoms with E-state index in [4.69, 9.17) is 11.6 Å².